The summed E-state index contributed by atoms with van der Waals surface area (Å²) in [6, 6.07) is 10.9. The Morgan fingerprint density at radius 2 is 2.00 bits per heavy atom. The Labute approximate surface area is 91.1 Å². The van der Waals surface area contributed by atoms with Gasteiger partial charge in [-0.25, -0.2) is 0 Å². The van der Waals surface area contributed by atoms with Crippen molar-refractivity contribution in [1.82, 2.24) is 0 Å². The lowest BCUT2D eigenvalue weighted by Gasteiger charge is -2.09. The first kappa shape index (κ1) is 11.6. The number of hydrogen-bond donors (Lipinski definition) is 1. The molecule has 0 amide bonds. The lowest BCUT2D eigenvalue weighted by molar-refractivity contribution is 0.660. The molecule has 14 heavy (non-hydrogen) atoms. The van der Waals surface area contributed by atoms with Crippen LogP contribution in [0.1, 0.15) is 25.3 Å². The normalized spacial score (nSPS) is 12.7. The molecule has 2 heteroatoms. The lowest BCUT2D eigenvalue weighted by atomic mass is 10.2. The molecule has 78 valence electrons. The minimum Gasteiger partial charge on any atom is -0.327 e. The van der Waals surface area contributed by atoms with Crippen molar-refractivity contribution >= 4 is 11.8 Å². The lowest BCUT2D eigenvalue weighted by Crippen LogP contribution is -2.22. The highest BCUT2D eigenvalue weighted by Crippen LogP contribution is 2.13. The first-order chi connectivity index (χ1) is 6.83. The van der Waals surface area contributed by atoms with E-state index in [9.17, 15) is 0 Å². The molecule has 0 heterocycles. The van der Waals surface area contributed by atoms with Crippen molar-refractivity contribution in [2.75, 3.05) is 5.75 Å². The first-order valence-corrected chi connectivity index (χ1v) is 6.35. The van der Waals surface area contributed by atoms with Crippen molar-refractivity contribution in [2.45, 2.75) is 31.6 Å². The minimum absolute atomic E-state index is 0.369. The second-order valence-corrected chi connectivity index (χ2v) is 4.58. The minimum atomic E-state index is 0.369. The Morgan fingerprint density at radius 1 is 1.29 bits per heavy atom. The zero-order valence-electron chi connectivity index (χ0n) is 8.78. The van der Waals surface area contributed by atoms with Gasteiger partial charge in [0.15, 0.2) is 0 Å². The van der Waals surface area contributed by atoms with Crippen molar-refractivity contribution < 1.29 is 0 Å². The van der Waals surface area contributed by atoms with Gasteiger partial charge in [-0.05, 0) is 12.0 Å². The van der Waals surface area contributed by atoms with E-state index in [1.54, 1.807) is 0 Å². The number of nitrogens with two attached hydrogens (primary N) is 1. The molecule has 1 rings (SSSR count). The van der Waals surface area contributed by atoms with Crippen molar-refractivity contribution in [3.63, 3.8) is 0 Å². The van der Waals surface area contributed by atoms with Gasteiger partial charge in [-0.15, -0.1) is 0 Å². The third-order valence-corrected chi connectivity index (χ3v) is 3.30. The van der Waals surface area contributed by atoms with Crippen LogP contribution in [0.5, 0.6) is 0 Å². The predicted molar refractivity (Wildman–Crippen MR) is 65.5 cm³/mol. The molecular weight excluding hydrogens is 190 g/mol. The maximum Gasteiger partial charge on any atom is 0.0185 e. The van der Waals surface area contributed by atoms with E-state index in [0.717, 1.165) is 17.9 Å². The number of hydrogen-bond acceptors (Lipinski definition) is 2. The molecule has 0 radical (unpaired) electrons. The van der Waals surface area contributed by atoms with E-state index in [2.05, 4.69) is 37.3 Å². The highest BCUT2D eigenvalue weighted by Gasteiger charge is 2.00. The average Bonchev–Trinajstić information content (AvgIpc) is 2.20. The molecular formula is C12H19NS. The fraction of sp³-hybridized carbons (Fsp3) is 0.500. The Bertz CT molecular complexity index is 235. The zero-order chi connectivity index (χ0) is 10.2. The van der Waals surface area contributed by atoms with Crippen molar-refractivity contribution in [2.24, 2.45) is 5.73 Å². The molecule has 0 aliphatic heterocycles. The van der Waals surface area contributed by atoms with Crippen molar-refractivity contribution in [3.05, 3.63) is 35.9 Å². The molecule has 0 spiro atoms. The molecule has 0 aliphatic carbocycles. The van der Waals surface area contributed by atoms with E-state index in [1.165, 1.54) is 12.0 Å². The van der Waals surface area contributed by atoms with Crippen LogP contribution in [0.3, 0.4) is 0 Å². The summed E-state index contributed by atoms with van der Waals surface area (Å²) < 4.78 is 0. The van der Waals surface area contributed by atoms with Crippen LogP contribution >= 0.6 is 11.8 Å². The number of rotatable bonds is 6. The predicted octanol–water partition coefficient (Wildman–Crippen LogP) is 3.05. The maximum atomic E-state index is 5.93. The second-order valence-electron chi connectivity index (χ2n) is 3.55. The van der Waals surface area contributed by atoms with E-state index in [-0.39, 0.29) is 0 Å². The number of benzene rings is 1. The summed E-state index contributed by atoms with van der Waals surface area (Å²) in [5, 5.41) is 0. The van der Waals surface area contributed by atoms with Crippen LogP contribution in [-0.2, 0) is 5.75 Å². The number of thioether (sulfide) groups is 1. The summed E-state index contributed by atoms with van der Waals surface area (Å²) in [7, 11) is 0. The SMILES string of the molecule is CCCC(N)CSCc1ccccc1. The molecule has 0 saturated carbocycles. The summed E-state index contributed by atoms with van der Waals surface area (Å²) in [5.74, 6) is 2.15. The second kappa shape index (κ2) is 6.91. The van der Waals surface area contributed by atoms with Gasteiger partial charge in [-0.3, -0.25) is 0 Å². The van der Waals surface area contributed by atoms with Gasteiger partial charge in [0.1, 0.15) is 0 Å². The van der Waals surface area contributed by atoms with Crippen molar-refractivity contribution in [3.8, 4) is 0 Å². The van der Waals surface area contributed by atoms with E-state index in [0.29, 0.717) is 6.04 Å². The molecule has 1 aromatic rings. The summed E-state index contributed by atoms with van der Waals surface area (Å²) in [6.07, 6.45) is 2.33. The van der Waals surface area contributed by atoms with Crippen LogP contribution in [0.4, 0.5) is 0 Å². The molecule has 1 aromatic carbocycles. The maximum absolute atomic E-state index is 5.93. The molecule has 0 aromatic heterocycles. The highest BCUT2D eigenvalue weighted by molar-refractivity contribution is 7.98. The molecule has 0 fully saturated rings. The highest BCUT2D eigenvalue weighted by atomic mass is 32.2. The summed E-state index contributed by atoms with van der Waals surface area (Å²) in [6.45, 7) is 2.18. The quantitative estimate of drug-likeness (QED) is 0.779. The van der Waals surface area contributed by atoms with Crippen LogP contribution in [0.2, 0.25) is 0 Å². The summed E-state index contributed by atoms with van der Waals surface area (Å²) >= 11 is 1.93. The smallest absolute Gasteiger partial charge is 0.0185 e. The average molecular weight is 209 g/mol. The van der Waals surface area contributed by atoms with Gasteiger partial charge < -0.3 is 5.73 Å². The van der Waals surface area contributed by atoms with Crippen LogP contribution in [0.25, 0.3) is 0 Å². The molecule has 1 nitrogen and oxygen atoms in total. The van der Waals surface area contributed by atoms with Gasteiger partial charge >= 0.3 is 0 Å². The van der Waals surface area contributed by atoms with Gasteiger partial charge in [-0.1, -0.05) is 43.7 Å². The summed E-state index contributed by atoms with van der Waals surface area (Å²) in [4.78, 5) is 0. The monoisotopic (exact) mass is 209 g/mol. The molecule has 0 saturated heterocycles. The van der Waals surface area contributed by atoms with Gasteiger partial charge in [-0.2, -0.15) is 11.8 Å². The molecule has 0 bridgehead atoms. The topological polar surface area (TPSA) is 26.0 Å². The molecule has 2 N–H and O–H groups in total. The molecule has 1 unspecified atom stereocenters. The van der Waals surface area contributed by atoms with E-state index in [1.807, 2.05) is 11.8 Å². The standard InChI is InChI=1S/C12H19NS/c1-2-6-12(13)10-14-9-11-7-4-3-5-8-11/h3-5,7-8,12H,2,6,9-10,13H2,1H3. The van der Waals surface area contributed by atoms with Gasteiger partial charge in [0.25, 0.3) is 0 Å². The fourth-order valence-corrected chi connectivity index (χ4v) is 2.37. The van der Waals surface area contributed by atoms with E-state index >= 15 is 0 Å². The van der Waals surface area contributed by atoms with Crippen LogP contribution in [0.15, 0.2) is 30.3 Å². The van der Waals surface area contributed by atoms with E-state index in [4.69, 9.17) is 5.73 Å². The molecule has 1 atom stereocenters. The third kappa shape index (κ3) is 4.68. The van der Waals surface area contributed by atoms with Gasteiger partial charge in [0, 0.05) is 17.5 Å². The fourth-order valence-electron chi connectivity index (χ4n) is 1.36. The largest absolute Gasteiger partial charge is 0.327 e. The van der Waals surface area contributed by atoms with E-state index < -0.39 is 0 Å². The molecule has 0 aliphatic rings. The third-order valence-electron chi connectivity index (χ3n) is 2.10. The Kier molecular flexibility index (Phi) is 5.72. The van der Waals surface area contributed by atoms with Crippen LogP contribution < -0.4 is 5.73 Å². The van der Waals surface area contributed by atoms with Gasteiger partial charge in [0.05, 0.1) is 0 Å². The summed E-state index contributed by atoms with van der Waals surface area (Å²) in [5.41, 5.74) is 7.32. The van der Waals surface area contributed by atoms with Crippen LogP contribution in [-0.4, -0.2) is 11.8 Å². The Balaban J connectivity index is 2.16. The zero-order valence-corrected chi connectivity index (χ0v) is 9.59. The van der Waals surface area contributed by atoms with Gasteiger partial charge in [0.2, 0.25) is 0 Å². The van der Waals surface area contributed by atoms with Crippen LogP contribution in [0, 0.1) is 0 Å². The Hall–Kier alpha value is -0.470. The Morgan fingerprint density at radius 3 is 2.64 bits per heavy atom. The first-order valence-electron chi connectivity index (χ1n) is 5.20. The van der Waals surface area contributed by atoms with Crippen molar-refractivity contribution in [1.29, 1.82) is 0 Å².